The minimum atomic E-state index is -0.371. The number of halogens is 1. The highest BCUT2D eigenvalue weighted by Crippen LogP contribution is 2.23. The number of ether oxygens (including phenoxy) is 1. The summed E-state index contributed by atoms with van der Waals surface area (Å²) >= 11 is 1.87. The largest absolute Gasteiger partial charge is 0.487 e. The molecule has 1 fully saturated rings. The third-order valence-electron chi connectivity index (χ3n) is 3.40. The zero-order chi connectivity index (χ0) is 13.7. The molecule has 0 atom stereocenters. The Kier molecular flexibility index (Phi) is 5.34. The first kappa shape index (κ1) is 14.5. The number of hydrogen-bond acceptors (Lipinski definition) is 4. The van der Waals surface area contributed by atoms with Crippen LogP contribution in [0.3, 0.4) is 0 Å². The van der Waals surface area contributed by atoms with E-state index in [1.165, 1.54) is 6.07 Å². The molecule has 0 spiro atoms. The predicted octanol–water partition coefficient (Wildman–Crippen LogP) is 2.61. The van der Waals surface area contributed by atoms with E-state index in [4.69, 9.17) is 10.5 Å². The molecule has 2 rings (SSSR count). The normalized spacial score (nSPS) is 17.6. The number of nitrogens with zero attached hydrogens (tertiary/aromatic N) is 1. The number of hydrogen-bond donors (Lipinski definition) is 1. The van der Waals surface area contributed by atoms with Gasteiger partial charge in [0, 0.05) is 37.1 Å². The molecule has 3 nitrogen and oxygen atoms in total. The fraction of sp³-hybridized carbons (Fsp3) is 0.571. The summed E-state index contributed by atoms with van der Waals surface area (Å²) in [6.45, 7) is 3.19. The van der Waals surface area contributed by atoms with Crippen molar-refractivity contribution in [3.8, 4) is 5.75 Å². The molecule has 1 heterocycles. The molecule has 0 aliphatic carbocycles. The van der Waals surface area contributed by atoms with Gasteiger partial charge in [-0.2, -0.15) is 11.8 Å². The van der Waals surface area contributed by atoms with E-state index in [1.807, 2.05) is 11.8 Å². The van der Waals surface area contributed by atoms with Gasteiger partial charge in [-0.3, -0.25) is 0 Å². The lowest BCUT2D eigenvalue weighted by Crippen LogP contribution is -2.39. The summed E-state index contributed by atoms with van der Waals surface area (Å²) in [6.07, 6.45) is 4.15. The minimum Gasteiger partial charge on any atom is -0.487 e. The number of anilines is 1. The van der Waals surface area contributed by atoms with Gasteiger partial charge in [-0.05, 0) is 31.2 Å². The lowest BCUT2D eigenvalue weighted by Gasteiger charge is -2.32. The molecule has 1 aromatic rings. The molecule has 2 N–H and O–H groups in total. The SMILES string of the molecule is CSCCN1CCC(Oc2ccc(N)cc2F)CC1. The predicted molar refractivity (Wildman–Crippen MR) is 79.3 cm³/mol. The molecular weight excluding hydrogens is 263 g/mol. The molecule has 1 aromatic carbocycles. The molecule has 0 unspecified atom stereocenters. The van der Waals surface area contributed by atoms with E-state index in [2.05, 4.69) is 11.2 Å². The van der Waals surface area contributed by atoms with Crippen LogP contribution < -0.4 is 10.5 Å². The van der Waals surface area contributed by atoms with Gasteiger partial charge in [0.25, 0.3) is 0 Å². The van der Waals surface area contributed by atoms with Gasteiger partial charge in [-0.25, -0.2) is 4.39 Å². The number of nitrogens with two attached hydrogens (primary N) is 1. The molecule has 0 aromatic heterocycles. The number of likely N-dealkylation sites (tertiary alicyclic amines) is 1. The van der Waals surface area contributed by atoms with Crippen molar-refractivity contribution in [1.82, 2.24) is 4.90 Å². The highest BCUT2D eigenvalue weighted by molar-refractivity contribution is 7.98. The molecule has 0 radical (unpaired) electrons. The van der Waals surface area contributed by atoms with Gasteiger partial charge < -0.3 is 15.4 Å². The quantitative estimate of drug-likeness (QED) is 0.844. The van der Waals surface area contributed by atoms with E-state index in [1.54, 1.807) is 12.1 Å². The van der Waals surface area contributed by atoms with Crippen molar-refractivity contribution in [2.45, 2.75) is 18.9 Å². The summed E-state index contributed by atoms with van der Waals surface area (Å²) in [6, 6.07) is 4.60. The van der Waals surface area contributed by atoms with E-state index < -0.39 is 0 Å². The zero-order valence-electron chi connectivity index (χ0n) is 11.3. The molecule has 0 amide bonds. The highest BCUT2D eigenvalue weighted by atomic mass is 32.2. The summed E-state index contributed by atoms with van der Waals surface area (Å²) < 4.78 is 19.4. The van der Waals surface area contributed by atoms with Crippen molar-refractivity contribution in [3.63, 3.8) is 0 Å². The molecule has 19 heavy (non-hydrogen) atoms. The molecule has 5 heteroatoms. The number of rotatable bonds is 5. The maximum Gasteiger partial charge on any atom is 0.167 e. The summed E-state index contributed by atoms with van der Waals surface area (Å²) in [5.41, 5.74) is 5.95. The Morgan fingerprint density at radius 1 is 1.42 bits per heavy atom. The van der Waals surface area contributed by atoms with Gasteiger partial charge >= 0.3 is 0 Å². The van der Waals surface area contributed by atoms with Gasteiger partial charge in [-0.1, -0.05) is 0 Å². The van der Waals surface area contributed by atoms with E-state index in [9.17, 15) is 4.39 Å². The second-order valence-electron chi connectivity index (χ2n) is 4.84. The Morgan fingerprint density at radius 2 is 2.16 bits per heavy atom. The third kappa shape index (κ3) is 4.28. The van der Waals surface area contributed by atoms with E-state index >= 15 is 0 Å². The van der Waals surface area contributed by atoms with Gasteiger partial charge in [0.15, 0.2) is 11.6 Å². The number of thioether (sulfide) groups is 1. The van der Waals surface area contributed by atoms with Crippen LogP contribution in [0.25, 0.3) is 0 Å². The van der Waals surface area contributed by atoms with Crippen LogP contribution in [0.4, 0.5) is 10.1 Å². The Hall–Kier alpha value is -0.940. The first-order valence-electron chi connectivity index (χ1n) is 6.62. The minimum absolute atomic E-state index is 0.114. The van der Waals surface area contributed by atoms with Crippen molar-refractivity contribution >= 4 is 17.4 Å². The molecule has 1 saturated heterocycles. The Labute approximate surface area is 118 Å². The van der Waals surface area contributed by atoms with Crippen molar-refractivity contribution in [2.24, 2.45) is 0 Å². The van der Waals surface area contributed by atoms with Crippen LogP contribution >= 0.6 is 11.8 Å². The third-order valence-corrected chi connectivity index (χ3v) is 3.99. The maximum absolute atomic E-state index is 13.6. The van der Waals surface area contributed by atoms with Crippen LogP contribution in [0, 0.1) is 5.82 Å². The molecule has 0 bridgehead atoms. The average Bonchev–Trinajstić information content (AvgIpc) is 2.41. The highest BCUT2D eigenvalue weighted by Gasteiger charge is 2.21. The summed E-state index contributed by atoms with van der Waals surface area (Å²) in [7, 11) is 0. The van der Waals surface area contributed by atoms with E-state index in [0.717, 1.165) is 38.2 Å². The van der Waals surface area contributed by atoms with Crippen LogP contribution in [-0.2, 0) is 0 Å². The van der Waals surface area contributed by atoms with Crippen LogP contribution in [0.15, 0.2) is 18.2 Å². The fourth-order valence-electron chi connectivity index (χ4n) is 2.26. The summed E-state index contributed by atoms with van der Waals surface area (Å²) in [5.74, 6) is 1.11. The monoisotopic (exact) mass is 284 g/mol. The van der Waals surface area contributed by atoms with Gasteiger partial charge in [0.2, 0.25) is 0 Å². The number of benzene rings is 1. The second-order valence-corrected chi connectivity index (χ2v) is 5.83. The smallest absolute Gasteiger partial charge is 0.167 e. The molecular formula is C14H21FN2OS. The summed E-state index contributed by atoms with van der Waals surface area (Å²) in [5, 5.41) is 0. The second kappa shape index (κ2) is 7.01. The first-order valence-corrected chi connectivity index (χ1v) is 8.01. The van der Waals surface area contributed by atoms with E-state index in [-0.39, 0.29) is 11.9 Å². The van der Waals surface area contributed by atoms with Crippen LogP contribution in [-0.4, -0.2) is 42.6 Å². The van der Waals surface area contributed by atoms with Gasteiger partial charge in [-0.15, -0.1) is 0 Å². The Bertz CT molecular complexity index is 408. The molecule has 1 aliphatic rings. The lowest BCUT2D eigenvalue weighted by atomic mass is 10.1. The first-order chi connectivity index (χ1) is 9.19. The molecule has 106 valence electrons. The van der Waals surface area contributed by atoms with Crippen molar-refractivity contribution in [1.29, 1.82) is 0 Å². The molecule has 1 aliphatic heterocycles. The maximum atomic E-state index is 13.6. The van der Waals surface area contributed by atoms with Gasteiger partial charge in [0.05, 0.1) is 0 Å². The Morgan fingerprint density at radius 3 is 2.79 bits per heavy atom. The topological polar surface area (TPSA) is 38.5 Å². The van der Waals surface area contributed by atoms with Crippen molar-refractivity contribution < 1.29 is 9.13 Å². The van der Waals surface area contributed by atoms with Crippen LogP contribution in [0.1, 0.15) is 12.8 Å². The van der Waals surface area contributed by atoms with Crippen LogP contribution in [0.2, 0.25) is 0 Å². The average molecular weight is 284 g/mol. The number of piperidine rings is 1. The zero-order valence-corrected chi connectivity index (χ0v) is 12.1. The Balaban J connectivity index is 1.82. The van der Waals surface area contributed by atoms with Crippen LogP contribution in [0.5, 0.6) is 5.75 Å². The standard InChI is InChI=1S/C14H21FN2OS/c1-19-9-8-17-6-4-12(5-7-17)18-14-3-2-11(16)10-13(14)15/h2-3,10,12H,4-9,16H2,1H3. The number of nitrogen functional groups attached to an aromatic ring is 1. The van der Waals surface area contributed by atoms with Crippen molar-refractivity contribution in [2.75, 3.05) is 37.4 Å². The van der Waals surface area contributed by atoms with E-state index in [0.29, 0.717) is 11.4 Å². The summed E-state index contributed by atoms with van der Waals surface area (Å²) in [4.78, 5) is 2.44. The molecule has 0 saturated carbocycles. The van der Waals surface area contributed by atoms with Gasteiger partial charge in [0.1, 0.15) is 6.10 Å². The lowest BCUT2D eigenvalue weighted by molar-refractivity contribution is 0.101. The fourth-order valence-corrected chi connectivity index (χ4v) is 2.70. The van der Waals surface area contributed by atoms with Crippen molar-refractivity contribution in [3.05, 3.63) is 24.0 Å².